The Morgan fingerprint density at radius 1 is 0.975 bits per heavy atom. The Morgan fingerprint density at radius 2 is 1.62 bits per heavy atom. The highest BCUT2D eigenvalue weighted by atomic mass is 32.1. The van der Waals surface area contributed by atoms with Crippen molar-refractivity contribution in [2.24, 2.45) is 5.10 Å². The van der Waals surface area contributed by atoms with E-state index in [2.05, 4.69) is 30.7 Å². The molecular formula is C27H25F3N6O3S. The second kappa shape index (κ2) is 12.9. The van der Waals surface area contributed by atoms with Gasteiger partial charge in [-0.2, -0.15) is 5.10 Å². The van der Waals surface area contributed by atoms with Crippen molar-refractivity contribution in [1.29, 1.82) is 0 Å². The molecule has 0 saturated carbocycles. The van der Waals surface area contributed by atoms with Gasteiger partial charge in [-0.15, -0.1) is 18.3 Å². The molecule has 4 aromatic rings. The SMILES string of the molecule is CCOc1cccc(OCC)c1NC(=S)N/N=C/c1ccc(-c2ncn(-c3ccc(OC(F)(F)F)cc3)n2)cc1. The van der Waals surface area contributed by atoms with Gasteiger partial charge >= 0.3 is 6.36 Å². The van der Waals surface area contributed by atoms with E-state index in [1.807, 2.05) is 56.3 Å². The summed E-state index contributed by atoms with van der Waals surface area (Å²) in [5, 5.41) is 11.9. The molecule has 208 valence electrons. The predicted octanol–water partition coefficient (Wildman–Crippen LogP) is 5.95. The summed E-state index contributed by atoms with van der Waals surface area (Å²) in [5.74, 6) is 1.35. The van der Waals surface area contributed by atoms with E-state index in [1.54, 1.807) is 6.21 Å². The van der Waals surface area contributed by atoms with Gasteiger partial charge in [0.05, 0.1) is 25.1 Å². The molecule has 0 spiro atoms. The lowest BCUT2D eigenvalue weighted by Gasteiger charge is -2.16. The van der Waals surface area contributed by atoms with Gasteiger partial charge in [-0.3, -0.25) is 5.43 Å². The Balaban J connectivity index is 1.36. The third kappa shape index (κ3) is 7.69. The van der Waals surface area contributed by atoms with Gasteiger partial charge in [0.1, 0.15) is 29.3 Å². The normalized spacial score (nSPS) is 11.3. The van der Waals surface area contributed by atoms with Gasteiger partial charge in [0.2, 0.25) is 0 Å². The highest BCUT2D eigenvalue weighted by Crippen LogP contribution is 2.34. The molecular weight excluding hydrogens is 545 g/mol. The summed E-state index contributed by atoms with van der Waals surface area (Å²) in [7, 11) is 0. The van der Waals surface area contributed by atoms with Crippen LogP contribution in [0.2, 0.25) is 0 Å². The van der Waals surface area contributed by atoms with E-state index in [1.165, 1.54) is 35.3 Å². The summed E-state index contributed by atoms with van der Waals surface area (Å²) < 4.78 is 53.8. The number of alkyl halides is 3. The van der Waals surface area contributed by atoms with Crippen LogP contribution in [-0.2, 0) is 0 Å². The summed E-state index contributed by atoms with van der Waals surface area (Å²) in [6.45, 7) is 4.76. The number of ether oxygens (including phenoxy) is 3. The minimum atomic E-state index is -4.75. The fourth-order valence-electron chi connectivity index (χ4n) is 3.53. The Bertz CT molecular complexity index is 1430. The standard InChI is InChI=1S/C27H25F3N6O3S/c1-3-37-22-6-5-7-23(38-4-2)24(22)33-26(40)34-32-16-18-8-10-19(11-9-18)25-31-17-36(35-25)20-12-14-21(15-13-20)39-27(28,29)30/h5-17H,3-4H2,1-2H3,(H2,33,34,40)/b32-16+. The van der Waals surface area contributed by atoms with Crippen molar-refractivity contribution < 1.29 is 27.4 Å². The highest BCUT2D eigenvalue weighted by Gasteiger charge is 2.31. The highest BCUT2D eigenvalue weighted by molar-refractivity contribution is 7.80. The first kappa shape index (κ1) is 28.4. The molecule has 4 rings (SSSR count). The first-order valence-corrected chi connectivity index (χ1v) is 12.5. The molecule has 0 aliphatic rings. The third-order valence-corrected chi connectivity index (χ3v) is 5.39. The topological polar surface area (TPSA) is 94.8 Å². The van der Waals surface area contributed by atoms with Gasteiger partial charge in [0, 0.05) is 5.56 Å². The smallest absolute Gasteiger partial charge is 0.492 e. The van der Waals surface area contributed by atoms with Gasteiger partial charge in [0.15, 0.2) is 10.9 Å². The molecule has 0 bridgehead atoms. The van der Waals surface area contributed by atoms with E-state index in [4.69, 9.17) is 21.7 Å². The number of thiocarbonyl (C=S) groups is 1. The third-order valence-electron chi connectivity index (χ3n) is 5.20. The number of nitrogens with zero attached hydrogens (tertiary/aromatic N) is 4. The number of anilines is 1. The lowest BCUT2D eigenvalue weighted by molar-refractivity contribution is -0.274. The fraction of sp³-hybridized carbons (Fsp3) is 0.185. The van der Waals surface area contributed by atoms with Gasteiger partial charge in [-0.05, 0) is 68.0 Å². The van der Waals surface area contributed by atoms with Crippen molar-refractivity contribution in [3.63, 3.8) is 0 Å². The number of aromatic nitrogens is 3. The van der Waals surface area contributed by atoms with Crippen LogP contribution in [0.5, 0.6) is 17.2 Å². The maximum absolute atomic E-state index is 12.4. The van der Waals surface area contributed by atoms with Gasteiger partial charge in [-0.1, -0.05) is 30.3 Å². The van der Waals surface area contributed by atoms with Gasteiger partial charge in [-0.25, -0.2) is 9.67 Å². The second-order valence-corrected chi connectivity index (χ2v) is 8.40. The maximum atomic E-state index is 12.4. The quantitative estimate of drug-likeness (QED) is 0.137. The van der Waals surface area contributed by atoms with Crippen LogP contribution in [0.4, 0.5) is 18.9 Å². The monoisotopic (exact) mass is 570 g/mol. The molecule has 0 aliphatic carbocycles. The molecule has 0 fully saturated rings. The van der Waals surface area contributed by atoms with E-state index in [-0.39, 0.29) is 10.9 Å². The molecule has 0 radical (unpaired) electrons. The molecule has 40 heavy (non-hydrogen) atoms. The maximum Gasteiger partial charge on any atom is 0.573 e. The van der Waals surface area contributed by atoms with Crippen LogP contribution >= 0.6 is 12.2 Å². The Hall–Kier alpha value is -4.65. The average Bonchev–Trinajstić information content (AvgIpc) is 3.41. The van der Waals surface area contributed by atoms with Crippen LogP contribution < -0.4 is 25.0 Å². The predicted molar refractivity (Wildman–Crippen MR) is 149 cm³/mol. The molecule has 0 unspecified atom stereocenters. The van der Waals surface area contributed by atoms with E-state index >= 15 is 0 Å². The average molecular weight is 571 g/mol. The van der Waals surface area contributed by atoms with Crippen molar-refractivity contribution in [3.05, 3.63) is 78.6 Å². The van der Waals surface area contributed by atoms with Crippen LogP contribution in [0.1, 0.15) is 19.4 Å². The second-order valence-electron chi connectivity index (χ2n) is 8.00. The van der Waals surface area contributed by atoms with Crippen molar-refractivity contribution in [3.8, 4) is 34.3 Å². The van der Waals surface area contributed by atoms with E-state index in [0.717, 1.165) is 11.1 Å². The Kier molecular flexibility index (Phi) is 9.17. The summed E-state index contributed by atoms with van der Waals surface area (Å²) in [6, 6.07) is 18.1. The van der Waals surface area contributed by atoms with E-state index in [9.17, 15) is 13.2 Å². The zero-order chi connectivity index (χ0) is 28.5. The van der Waals surface area contributed by atoms with Crippen molar-refractivity contribution in [2.45, 2.75) is 20.2 Å². The first-order chi connectivity index (χ1) is 19.3. The van der Waals surface area contributed by atoms with Crippen LogP contribution in [0, 0.1) is 0 Å². The van der Waals surface area contributed by atoms with E-state index < -0.39 is 6.36 Å². The molecule has 0 atom stereocenters. The molecule has 2 N–H and O–H groups in total. The van der Waals surface area contributed by atoms with Crippen molar-refractivity contribution in [2.75, 3.05) is 18.5 Å². The Labute approximate surface area is 233 Å². The molecule has 3 aromatic carbocycles. The molecule has 1 heterocycles. The Morgan fingerprint density at radius 3 is 2.23 bits per heavy atom. The number of para-hydroxylation sites is 1. The summed E-state index contributed by atoms with van der Waals surface area (Å²) in [5.41, 5.74) is 5.47. The minimum Gasteiger partial charge on any atom is -0.492 e. The lowest BCUT2D eigenvalue weighted by atomic mass is 10.1. The number of nitrogens with one attached hydrogen (secondary N) is 2. The molecule has 13 heteroatoms. The number of hydrogen-bond donors (Lipinski definition) is 2. The molecule has 1 aromatic heterocycles. The van der Waals surface area contributed by atoms with Crippen LogP contribution in [0.25, 0.3) is 17.1 Å². The van der Waals surface area contributed by atoms with Crippen LogP contribution in [0.3, 0.4) is 0 Å². The largest absolute Gasteiger partial charge is 0.573 e. The van der Waals surface area contributed by atoms with Gasteiger partial charge in [0.25, 0.3) is 0 Å². The van der Waals surface area contributed by atoms with Crippen LogP contribution in [-0.4, -0.2) is 45.7 Å². The summed E-state index contributed by atoms with van der Waals surface area (Å²) >= 11 is 5.37. The summed E-state index contributed by atoms with van der Waals surface area (Å²) in [4.78, 5) is 4.29. The number of rotatable bonds is 10. The lowest BCUT2D eigenvalue weighted by Crippen LogP contribution is -2.24. The zero-order valence-corrected chi connectivity index (χ0v) is 22.3. The minimum absolute atomic E-state index is 0.258. The number of hydrogen-bond acceptors (Lipinski definition) is 7. The first-order valence-electron chi connectivity index (χ1n) is 12.1. The van der Waals surface area contributed by atoms with E-state index in [0.29, 0.717) is 41.9 Å². The van der Waals surface area contributed by atoms with Gasteiger partial charge < -0.3 is 19.5 Å². The fourth-order valence-corrected chi connectivity index (χ4v) is 3.69. The molecule has 0 saturated heterocycles. The zero-order valence-electron chi connectivity index (χ0n) is 21.5. The molecule has 9 nitrogen and oxygen atoms in total. The van der Waals surface area contributed by atoms with Crippen LogP contribution in [0.15, 0.2) is 78.2 Å². The van der Waals surface area contributed by atoms with Crippen molar-refractivity contribution in [1.82, 2.24) is 20.2 Å². The number of hydrazone groups is 1. The summed E-state index contributed by atoms with van der Waals surface area (Å²) in [6.07, 6.45) is -1.67. The van der Waals surface area contributed by atoms with Crippen molar-refractivity contribution >= 4 is 29.2 Å². The molecule has 0 aliphatic heterocycles. The number of benzene rings is 3. The molecule has 0 amide bonds. The number of halogens is 3.